The van der Waals surface area contributed by atoms with Gasteiger partial charge in [0.05, 0.1) is 16.3 Å². The van der Waals surface area contributed by atoms with E-state index in [2.05, 4.69) is 5.10 Å². The Kier molecular flexibility index (Phi) is 4.52. The van der Waals surface area contributed by atoms with Gasteiger partial charge in [-0.05, 0) is 38.1 Å². The molecule has 3 rings (SSSR count). The first kappa shape index (κ1) is 17.1. The monoisotopic (exact) mass is 355 g/mol. The second kappa shape index (κ2) is 6.62. The predicted octanol–water partition coefficient (Wildman–Crippen LogP) is 2.84. The number of nitrogens with two attached hydrogens (primary N) is 1. The third-order valence-electron chi connectivity index (χ3n) is 3.96. The van der Waals surface area contributed by atoms with Crippen LogP contribution in [0.4, 0.5) is 0 Å². The van der Waals surface area contributed by atoms with Crippen LogP contribution in [0.3, 0.4) is 0 Å². The molecule has 0 aliphatic rings. The Morgan fingerprint density at radius 2 is 1.68 bits per heavy atom. The van der Waals surface area contributed by atoms with Crippen LogP contribution in [-0.4, -0.2) is 25.1 Å². The second-order valence-electron chi connectivity index (χ2n) is 5.70. The molecule has 1 unspecified atom stereocenters. The van der Waals surface area contributed by atoms with Crippen molar-refractivity contribution < 1.29 is 14.1 Å². The Hall–Kier alpha value is -2.77. The molecule has 0 amide bonds. The Balaban J connectivity index is 2.21. The van der Waals surface area contributed by atoms with Crippen molar-refractivity contribution in [2.24, 2.45) is 5.14 Å². The molecule has 0 fully saturated rings. The average Bonchev–Trinajstić information content (AvgIpc) is 2.93. The lowest BCUT2D eigenvalue weighted by Gasteiger charge is -2.09. The topological polar surface area (TPSA) is 98.2 Å². The summed E-state index contributed by atoms with van der Waals surface area (Å²) in [5, 5.41) is 19.1. The summed E-state index contributed by atoms with van der Waals surface area (Å²) in [7, 11) is -1.57. The largest absolute Gasteiger partial charge is 0.476 e. The van der Waals surface area contributed by atoms with E-state index in [1.807, 2.05) is 31.2 Å². The van der Waals surface area contributed by atoms with Crippen molar-refractivity contribution in [1.82, 2.24) is 9.78 Å². The Bertz CT molecular complexity index is 960. The normalized spacial score (nSPS) is 12.1. The molecule has 0 saturated carbocycles. The van der Waals surface area contributed by atoms with Crippen molar-refractivity contribution in [3.05, 3.63) is 65.4 Å². The fraction of sp³-hybridized carbons (Fsp3) is 0.111. The molecular weight excluding hydrogens is 338 g/mol. The van der Waals surface area contributed by atoms with Crippen LogP contribution in [0.2, 0.25) is 0 Å². The van der Waals surface area contributed by atoms with E-state index >= 15 is 0 Å². The highest BCUT2D eigenvalue weighted by Gasteiger charge is 2.21. The quantitative estimate of drug-likeness (QED) is 0.752. The number of aryl methyl sites for hydroxylation is 1. The molecule has 3 aromatic rings. The number of carbonyl (C=O) groups is 1. The van der Waals surface area contributed by atoms with Crippen LogP contribution in [0, 0.1) is 13.8 Å². The summed E-state index contributed by atoms with van der Waals surface area (Å²) in [4.78, 5) is 12.0. The van der Waals surface area contributed by atoms with E-state index in [0.29, 0.717) is 21.8 Å². The van der Waals surface area contributed by atoms with Gasteiger partial charge in [0.1, 0.15) is 11.0 Å². The SMILES string of the molecule is Cc1ccc(-c2c(C)c(C(=O)O)nn2-c2ccc(S(N)=O)cc2)cc1. The minimum Gasteiger partial charge on any atom is -0.476 e. The Labute approximate surface area is 147 Å². The zero-order valence-corrected chi connectivity index (χ0v) is 14.6. The molecule has 1 heterocycles. The highest BCUT2D eigenvalue weighted by atomic mass is 32.2. The number of aromatic carboxylic acids is 1. The van der Waals surface area contributed by atoms with Gasteiger partial charge in [0.15, 0.2) is 5.69 Å². The first-order chi connectivity index (χ1) is 11.9. The lowest BCUT2D eigenvalue weighted by atomic mass is 10.0. The van der Waals surface area contributed by atoms with Gasteiger partial charge in [-0.25, -0.2) is 18.8 Å². The van der Waals surface area contributed by atoms with Gasteiger partial charge in [-0.3, -0.25) is 0 Å². The molecular formula is C18H17N3O3S. The van der Waals surface area contributed by atoms with Crippen molar-refractivity contribution in [1.29, 1.82) is 0 Å². The minimum atomic E-state index is -1.57. The van der Waals surface area contributed by atoms with Crippen LogP contribution in [-0.2, 0) is 11.0 Å². The number of hydrogen-bond donors (Lipinski definition) is 2. The third-order valence-corrected chi connectivity index (χ3v) is 4.70. The minimum absolute atomic E-state index is 0.00190. The number of benzene rings is 2. The molecule has 0 radical (unpaired) electrons. The highest BCUT2D eigenvalue weighted by Crippen LogP contribution is 2.29. The van der Waals surface area contributed by atoms with Crippen LogP contribution in [0.15, 0.2) is 53.4 Å². The lowest BCUT2D eigenvalue weighted by Crippen LogP contribution is -2.05. The molecule has 1 aromatic heterocycles. The smallest absolute Gasteiger partial charge is 0.356 e. The fourth-order valence-corrected chi connectivity index (χ4v) is 3.06. The maximum Gasteiger partial charge on any atom is 0.356 e. The molecule has 25 heavy (non-hydrogen) atoms. The molecule has 1 atom stereocenters. The molecule has 0 spiro atoms. The van der Waals surface area contributed by atoms with Crippen molar-refractivity contribution in [3.8, 4) is 16.9 Å². The van der Waals surface area contributed by atoms with Crippen molar-refractivity contribution in [2.45, 2.75) is 18.7 Å². The molecule has 7 heteroatoms. The zero-order chi connectivity index (χ0) is 18.1. The van der Waals surface area contributed by atoms with Gasteiger partial charge >= 0.3 is 5.97 Å². The molecule has 2 aromatic carbocycles. The molecule has 0 bridgehead atoms. The van der Waals surface area contributed by atoms with Gasteiger partial charge in [-0.2, -0.15) is 5.10 Å². The second-order valence-corrected chi connectivity index (χ2v) is 6.76. The first-order valence-electron chi connectivity index (χ1n) is 7.55. The van der Waals surface area contributed by atoms with E-state index in [4.69, 9.17) is 5.14 Å². The van der Waals surface area contributed by atoms with Gasteiger partial charge in [0.25, 0.3) is 0 Å². The van der Waals surface area contributed by atoms with Gasteiger partial charge in [-0.1, -0.05) is 29.8 Å². The Morgan fingerprint density at radius 3 is 2.20 bits per heavy atom. The van der Waals surface area contributed by atoms with Crippen LogP contribution in [0.5, 0.6) is 0 Å². The third kappa shape index (κ3) is 3.24. The molecule has 0 aliphatic carbocycles. The standard InChI is InChI=1S/C18H17N3O3S/c1-11-3-5-13(6-4-11)17-12(2)16(18(22)23)20-21(17)14-7-9-15(10-8-14)25(19)24/h3-10H,19H2,1-2H3,(H,22,23). The number of carboxylic acids is 1. The number of rotatable bonds is 4. The van der Waals surface area contributed by atoms with E-state index in [1.54, 1.807) is 35.9 Å². The Morgan fingerprint density at radius 1 is 1.08 bits per heavy atom. The first-order valence-corrected chi connectivity index (χ1v) is 8.76. The molecule has 3 N–H and O–H groups in total. The highest BCUT2D eigenvalue weighted by molar-refractivity contribution is 7.82. The maximum atomic E-state index is 11.5. The summed E-state index contributed by atoms with van der Waals surface area (Å²) in [5.74, 6) is -1.08. The average molecular weight is 355 g/mol. The summed E-state index contributed by atoms with van der Waals surface area (Å²) in [6, 6.07) is 14.5. The summed E-state index contributed by atoms with van der Waals surface area (Å²) < 4.78 is 12.9. The van der Waals surface area contributed by atoms with Crippen LogP contribution >= 0.6 is 0 Å². The summed E-state index contributed by atoms with van der Waals surface area (Å²) in [5.41, 5.74) is 3.94. The summed E-state index contributed by atoms with van der Waals surface area (Å²) >= 11 is 0. The lowest BCUT2D eigenvalue weighted by molar-refractivity contribution is 0.0689. The van der Waals surface area contributed by atoms with Gasteiger partial charge in [0.2, 0.25) is 0 Å². The summed E-state index contributed by atoms with van der Waals surface area (Å²) in [6.07, 6.45) is 0. The van der Waals surface area contributed by atoms with Gasteiger partial charge in [0, 0.05) is 11.1 Å². The van der Waals surface area contributed by atoms with E-state index in [9.17, 15) is 14.1 Å². The van der Waals surface area contributed by atoms with Crippen LogP contribution < -0.4 is 5.14 Å². The molecule has 0 aliphatic heterocycles. The van der Waals surface area contributed by atoms with E-state index in [0.717, 1.165) is 11.1 Å². The predicted molar refractivity (Wildman–Crippen MR) is 96.0 cm³/mol. The van der Waals surface area contributed by atoms with Crippen molar-refractivity contribution in [2.75, 3.05) is 0 Å². The van der Waals surface area contributed by atoms with Crippen LogP contribution in [0.1, 0.15) is 21.6 Å². The zero-order valence-electron chi connectivity index (χ0n) is 13.8. The van der Waals surface area contributed by atoms with E-state index in [1.165, 1.54) is 0 Å². The van der Waals surface area contributed by atoms with Crippen LogP contribution in [0.25, 0.3) is 16.9 Å². The van der Waals surface area contributed by atoms with Crippen molar-refractivity contribution in [3.63, 3.8) is 0 Å². The van der Waals surface area contributed by atoms with Gasteiger partial charge < -0.3 is 5.11 Å². The summed E-state index contributed by atoms with van der Waals surface area (Å²) in [6.45, 7) is 3.73. The van der Waals surface area contributed by atoms with E-state index < -0.39 is 17.0 Å². The van der Waals surface area contributed by atoms with E-state index in [-0.39, 0.29) is 5.69 Å². The maximum absolute atomic E-state index is 11.5. The molecule has 0 saturated heterocycles. The van der Waals surface area contributed by atoms with Gasteiger partial charge in [-0.15, -0.1) is 0 Å². The number of aromatic nitrogens is 2. The number of hydrogen-bond acceptors (Lipinski definition) is 3. The molecule has 6 nitrogen and oxygen atoms in total. The number of carboxylic acid groups (broad SMARTS) is 1. The molecule has 128 valence electrons. The number of nitrogens with zero attached hydrogens (tertiary/aromatic N) is 2. The van der Waals surface area contributed by atoms with Crippen molar-refractivity contribution >= 4 is 17.0 Å². The fourth-order valence-electron chi connectivity index (χ4n) is 2.66.